The number of benzene rings is 1. The molecular weight excluding hydrogens is 224 g/mol. The molecule has 1 amide bonds. The molecule has 0 fully saturated rings. The van der Waals surface area contributed by atoms with Crippen molar-refractivity contribution in [1.82, 2.24) is 0 Å². The summed E-state index contributed by atoms with van der Waals surface area (Å²) in [7, 11) is 1.42. The van der Waals surface area contributed by atoms with Crippen molar-refractivity contribution in [2.24, 2.45) is 5.92 Å². The van der Waals surface area contributed by atoms with Crippen molar-refractivity contribution in [3.63, 3.8) is 0 Å². The Morgan fingerprint density at radius 2 is 2.12 bits per heavy atom. The van der Waals surface area contributed by atoms with Crippen molar-refractivity contribution in [3.05, 3.63) is 28.3 Å². The van der Waals surface area contributed by atoms with E-state index in [1.165, 1.54) is 19.2 Å². The van der Waals surface area contributed by atoms with Gasteiger partial charge in [0.15, 0.2) is 0 Å². The molecule has 1 rings (SSSR count). The van der Waals surface area contributed by atoms with Gasteiger partial charge in [0.1, 0.15) is 11.4 Å². The van der Waals surface area contributed by atoms with Gasteiger partial charge in [-0.05, 0) is 12.1 Å². The fraction of sp³-hybridized carbons (Fsp3) is 0.364. The van der Waals surface area contributed by atoms with Crippen LogP contribution >= 0.6 is 0 Å². The van der Waals surface area contributed by atoms with Gasteiger partial charge in [-0.1, -0.05) is 13.8 Å². The van der Waals surface area contributed by atoms with Crippen LogP contribution < -0.4 is 10.1 Å². The van der Waals surface area contributed by atoms with E-state index in [9.17, 15) is 14.9 Å². The van der Waals surface area contributed by atoms with Gasteiger partial charge in [0.05, 0.1) is 18.1 Å². The highest BCUT2D eigenvalue weighted by Gasteiger charge is 2.18. The zero-order chi connectivity index (χ0) is 13.0. The molecule has 1 N–H and O–H groups in total. The van der Waals surface area contributed by atoms with Crippen LogP contribution in [0.25, 0.3) is 0 Å². The van der Waals surface area contributed by atoms with Gasteiger partial charge < -0.3 is 10.1 Å². The molecule has 0 spiro atoms. The number of rotatable bonds is 4. The topological polar surface area (TPSA) is 81.5 Å². The third kappa shape index (κ3) is 3.17. The SMILES string of the molecule is COc1ccc(NC(=O)C(C)C)c([N+](=O)[O-])c1. The number of hydrogen-bond donors (Lipinski definition) is 1. The molecule has 0 unspecified atom stereocenters. The van der Waals surface area contributed by atoms with Gasteiger partial charge >= 0.3 is 0 Å². The Morgan fingerprint density at radius 3 is 2.59 bits per heavy atom. The maximum Gasteiger partial charge on any atom is 0.296 e. The standard InChI is InChI=1S/C11H14N2O4/c1-7(2)11(14)12-9-5-4-8(17-3)6-10(9)13(15)16/h4-7H,1-3H3,(H,12,14). The van der Waals surface area contributed by atoms with Crippen LogP contribution in [0, 0.1) is 16.0 Å². The van der Waals surface area contributed by atoms with E-state index >= 15 is 0 Å². The first-order valence-corrected chi connectivity index (χ1v) is 5.09. The quantitative estimate of drug-likeness (QED) is 0.644. The largest absolute Gasteiger partial charge is 0.496 e. The lowest BCUT2D eigenvalue weighted by Crippen LogP contribution is -2.18. The Bertz CT molecular complexity index is 443. The summed E-state index contributed by atoms with van der Waals surface area (Å²) in [5.41, 5.74) is -0.00662. The van der Waals surface area contributed by atoms with Crippen molar-refractivity contribution in [3.8, 4) is 5.75 Å². The smallest absolute Gasteiger partial charge is 0.296 e. The maximum absolute atomic E-state index is 11.5. The third-order valence-corrected chi connectivity index (χ3v) is 2.18. The molecular formula is C11H14N2O4. The van der Waals surface area contributed by atoms with E-state index in [1.807, 2.05) is 0 Å². The summed E-state index contributed by atoms with van der Waals surface area (Å²) < 4.78 is 4.90. The Labute approximate surface area is 98.7 Å². The summed E-state index contributed by atoms with van der Waals surface area (Å²) in [6.45, 7) is 3.43. The van der Waals surface area contributed by atoms with Gasteiger partial charge in [-0.25, -0.2) is 0 Å². The number of nitrogens with zero attached hydrogens (tertiary/aromatic N) is 1. The van der Waals surface area contributed by atoms with Crippen molar-refractivity contribution in [1.29, 1.82) is 0 Å². The van der Waals surface area contributed by atoms with Crippen molar-refractivity contribution in [2.45, 2.75) is 13.8 Å². The summed E-state index contributed by atoms with van der Waals surface area (Å²) in [6.07, 6.45) is 0. The van der Waals surface area contributed by atoms with Gasteiger partial charge in [-0.2, -0.15) is 0 Å². The molecule has 0 radical (unpaired) electrons. The molecule has 0 heterocycles. The zero-order valence-corrected chi connectivity index (χ0v) is 9.89. The molecule has 6 nitrogen and oxygen atoms in total. The molecule has 1 aromatic carbocycles. The first kappa shape index (κ1) is 13.0. The van der Waals surface area contributed by atoms with E-state index in [0.29, 0.717) is 5.75 Å². The van der Waals surface area contributed by atoms with E-state index in [4.69, 9.17) is 4.74 Å². The number of carbonyl (C=O) groups excluding carboxylic acids is 1. The van der Waals surface area contributed by atoms with E-state index in [0.717, 1.165) is 0 Å². The minimum atomic E-state index is -0.557. The Balaban J connectivity index is 3.06. The van der Waals surface area contributed by atoms with Crippen LogP contribution in [0.1, 0.15) is 13.8 Å². The summed E-state index contributed by atoms with van der Waals surface area (Å²) in [5.74, 6) is -0.130. The minimum absolute atomic E-state index is 0.175. The normalized spacial score (nSPS) is 10.1. The molecule has 6 heteroatoms. The highest BCUT2D eigenvalue weighted by molar-refractivity contribution is 5.94. The molecule has 0 aliphatic rings. The summed E-state index contributed by atoms with van der Waals surface area (Å²) >= 11 is 0. The predicted octanol–water partition coefficient (Wildman–Crippen LogP) is 2.20. The number of nitro benzene ring substituents is 1. The number of nitrogens with one attached hydrogen (secondary N) is 1. The van der Waals surface area contributed by atoms with Crippen LogP contribution in [0.3, 0.4) is 0 Å². The summed E-state index contributed by atoms with van der Waals surface area (Å²) in [6, 6.07) is 4.29. The number of nitro groups is 1. The van der Waals surface area contributed by atoms with Gasteiger partial charge in [0.25, 0.3) is 5.69 Å². The molecule has 0 aliphatic carbocycles. The van der Waals surface area contributed by atoms with Gasteiger partial charge in [0.2, 0.25) is 5.91 Å². The van der Waals surface area contributed by atoms with Gasteiger partial charge in [-0.3, -0.25) is 14.9 Å². The van der Waals surface area contributed by atoms with E-state index < -0.39 is 4.92 Å². The van der Waals surface area contributed by atoms with Crippen LogP contribution in [0.15, 0.2) is 18.2 Å². The molecule has 0 atom stereocenters. The molecule has 0 saturated heterocycles. The lowest BCUT2D eigenvalue weighted by molar-refractivity contribution is -0.384. The first-order chi connectivity index (χ1) is 7.95. The Kier molecular flexibility index (Phi) is 4.03. The zero-order valence-electron chi connectivity index (χ0n) is 9.89. The highest BCUT2D eigenvalue weighted by atomic mass is 16.6. The Hall–Kier alpha value is -2.11. The number of methoxy groups -OCH3 is 1. The average molecular weight is 238 g/mol. The number of amides is 1. The van der Waals surface area contributed by atoms with Crippen molar-refractivity contribution < 1.29 is 14.5 Å². The fourth-order valence-corrected chi connectivity index (χ4v) is 1.17. The van der Waals surface area contributed by atoms with Crippen molar-refractivity contribution in [2.75, 3.05) is 12.4 Å². The van der Waals surface area contributed by atoms with Gasteiger partial charge in [-0.15, -0.1) is 0 Å². The van der Waals surface area contributed by atoms with E-state index in [1.54, 1.807) is 19.9 Å². The lowest BCUT2D eigenvalue weighted by atomic mass is 10.2. The second-order valence-electron chi connectivity index (χ2n) is 3.78. The van der Waals surface area contributed by atoms with E-state index in [2.05, 4.69) is 5.32 Å². The monoisotopic (exact) mass is 238 g/mol. The lowest BCUT2D eigenvalue weighted by Gasteiger charge is -2.09. The molecule has 0 aliphatic heterocycles. The molecule has 0 aromatic heterocycles. The number of ether oxygens (including phenoxy) is 1. The van der Waals surface area contributed by atoms with Crippen LogP contribution in [0.2, 0.25) is 0 Å². The average Bonchev–Trinajstić information content (AvgIpc) is 2.29. The molecule has 0 bridgehead atoms. The molecule has 1 aromatic rings. The number of anilines is 1. The van der Waals surface area contributed by atoms with Crippen molar-refractivity contribution >= 4 is 17.3 Å². The van der Waals surface area contributed by atoms with Crippen LogP contribution in [-0.4, -0.2) is 17.9 Å². The Morgan fingerprint density at radius 1 is 1.47 bits per heavy atom. The highest BCUT2D eigenvalue weighted by Crippen LogP contribution is 2.29. The summed E-state index contributed by atoms with van der Waals surface area (Å²) in [5, 5.41) is 13.3. The third-order valence-electron chi connectivity index (χ3n) is 2.18. The van der Waals surface area contributed by atoms with E-state index in [-0.39, 0.29) is 23.2 Å². The first-order valence-electron chi connectivity index (χ1n) is 5.09. The number of carbonyl (C=O) groups is 1. The maximum atomic E-state index is 11.5. The van der Waals surface area contributed by atoms with Crippen LogP contribution in [0.5, 0.6) is 5.75 Å². The van der Waals surface area contributed by atoms with Crippen LogP contribution in [-0.2, 0) is 4.79 Å². The molecule has 0 saturated carbocycles. The molecule has 17 heavy (non-hydrogen) atoms. The fourth-order valence-electron chi connectivity index (χ4n) is 1.17. The predicted molar refractivity (Wildman–Crippen MR) is 63.1 cm³/mol. The second kappa shape index (κ2) is 5.29. The molecule has 92 valence electrons. The number of hydrogen-bond acceptors (Lipinski definition) is 4. The van der Waals surface area contributed by atoms with Gasteiger partial charge in [0, 0.05) is 5.92 Å². The summed E-state index contributed by atoms with van der Waals surface area (Å²) in [4.78, 5) is 21.8. The second-order valence-corrected chi connectivity index (χ2v) is 3.78. The minimum Gasteiger partial charge on any atom is -0.496 e. The van der Waals surface area contributed by atoms with Crippen LogP contribution in [0.4, 0.5) is 11.4 Å².